The number of likely N-dealkylation sites (tertiary alicyclic amines) is 1. The number of aromatic nitrogens is 2. The second-order valence-electron chi connectivity index (χ2n) is 9.46. The highest BCUT2D eigenvalue weighted by atomic mass is 16.5. The number of anilines is 1. The molecular formula is C26H35N5O4. The van der Waals surface area contributed by atoms with Crippen LogP contribution in [0.3, 0.4) is 0 Å². The molecule has 4 heterocycles. The molecule has 2 aromatic rings. The van der Waals surface area contributed by atoms with Crippen molar-refractivity contribution in [1.82, 2.24) is 20.2 Å². The summed E-state index contributed by atoms with van der Waals surface area (Å²) in [4.78, 5) is 35.3. The fraction of sp³-hybridized carbons (Fsp3) is 0.538. The number of pyridine rings is 2. The molecule has 4 rings (SSSR count). The van der Waals surface area contributed by atoms with Gasteiger partial charge >= 0.3 is 5.97 Å². The van der Waals surface area contributed by atoms with E-state index < -0.39 is 5.97 Å². The highest BCUT2D eigenvalue weighted by molar-refractivity contribution is 5.84. The van der Waals surface area contributed by atoms with Crippen LogP contribution in [0.2, 0.25) is 0 Å². The van der Waals surface area contributed by atoms with Crippen molar-refractivity contribution in [3.05, 3.63) is 47.3 Å². The van der Waals surface area contributed by atoms with Crippen LogP contribution in [0.1, 0.15) is 61.8 Å². The van der Waals surface area contributed by atoms with Crippen LogP contribution in [-0.4, -0.2) is 64.1 Å². The van der Waals surface area contributed by atoms with Crippen molar-refractivity contribution in [2.75, 3.05) is 25.5 Å². The monoisotopic (exact) mass is 481 g/mol. The Morgan fingerprint density at radius 2 is 2.20 bits per heavy atom. The number of rotatable bonds is 11. The Morgan fingerprint density at radius 3 is 2.94 bits per heavy atom. The van der Waals surface area contributed by atoms with Gasteiger partial charge in [0.15, 0.2) is 0 Å². The van der Waals surface area contributed by atoms with E-state index in [9.17, 15) is 14.7 Å². The number of nitrogens with zero attached hydrogens (tertiary/aromatic N) is 3. The van der Waals surface area contributed by atoms with E-state index in [2.05, 4.69) is 28.6 Å². The number of hydrogen-bond donors (Lipinski definition) is 3. The second kappa shape index (κ2) is 11.5. The van der Waals surface area contributed by atoms with Crippen LogP contribution in [-0.2, 0) is 22.6 Å². The normalized spacial score (nSPS) is 20.3. The van der Waals surface area contributed by atoms with Crippen molar-refractivity contribution < 1.29 is 19.4 Å². The van der Waals surface area contributed by atoms with E-state index in [0.717, 1.165) is 49.3 Å². The largest absolute Gasteiger partial charge is 0.481 e. The van der Waals surface area contributed by atoms with Gasteiger partial charge < -0.3 is 25.4 Å². The number of fused-ring (bicyclic) bond motifs is 1. The first-order valence-corrected chi connectivity index (χ1v) is 12.4. The Labute approximate surface area is 206 Å². The minimum atomic E-state index is -0.841. The van der Waals surface area contributed by atoms with Gasteiger partial charge in [0.1, 0.15) is 5.82 Å². The van der Waals surface area contributed by atoms with Gasteiger partial charge in [0.2, 0.25) is 11.8 Å². The lowest BCUT2D eigenvalue weighted by Crippen LogP contribution is -2.39. The molecule has 0 saturated carbocycles. The Hall–Kier alpha value is -3.20. The van der Waals surface area contributed by atoms with Crippen molar-refractivity contribution in [3.63, 3.8) is 0 Å². The van der Waals surface area contributed by atoms with Gasteiger partial charge in [-0.25, -0.2) is 9.97 Å². The molecule has 3 atom stereocenters. The standard InChI is InChI=1S/C26H35N5O4/c1-17-13-22(28-16-21-9-7-18-5-3-11-27-25(18)30-21)26(34)31(17)12-4-6-19(14-24(32)33)20-8-10-23(35-2)29-15-20/h7-10,15,17,19,22,28H,3-6,11-14,16H2,1-2H3,(H,27,30)(H,32,33)/t17-,19+,22+/m1/s1. The first-order valence-electron chi connectivity index (χ1n) is 12.4. The Kier molecular flexibility index (Phi) is 8.17. The summed E-state index contributed by atoms with van der Waals surface area (Å²) in [5.74, 6) is 0.573. The zero-order chi connectivity index (χ0) is 24.8. The highest BCUT2D eigenvalue weighted by Crippen LogP contribution is 2.27. The van der Waals surface area contributed by atoms with Crippen LogP contribution in [0.15, 0.2) is 30.5 Å². The van der Waals surface area contributed by atoms with Gasteiger partial charge in [0, 0.05) is 37.9 Å². The first-order chi connectivity index (χ1) is 16.9. The van der Waals surface area contributed by atoms with Gasteiger partial charge in [0.05, 0.1) is 25.3 Å². The predicted octanol–water partition coefficient (Wildman–Crippen LogP) is 2.96. The molecule has 2 aromatic heterocycles. The lowest BCUT2D eigenvalue weighted by Gasteiger charge is -2.23. The first kappa shape index (κ1) is 24.9. The van der Waals surface area contributed by atoms with Gasteiger partial charge in [-0.15, -0.1) is 0 Å². The number of methoxy groups -OCH3 is 1. The molecule has 188 valence electrons. The second-order valence-corrected chi connectivity index (χ2v) is 9.46. The molecule has 0 bridgehead atoms. The summed E-state index contributed by atoms with van der Waals surface area (Å²) in [6.07, 6.45) is 6.04. The van der Waals surface area contributed by atoms with Crippen molar-refractivity contribution in [2.45, 2.75) is 70.0 Å². The van der Waals surface area contributed by atoms with Crippen LogP contribution in [0, 0.1) is 0 Å². The molecule has 0 aliphatic carbocycles. The summed E-state index contributed by atoms with van der Waals surface area (Å²) in [6.45, 7) is 4.19. The maximum Gasteiger partial charge on any atom is 0.303 e. The fourth-order valence-electron chi connectivity index (χ4n) is 5.04. The van der Waals surface area contributed by atoms with Crippen molar-refractivity contribution in [2.24, 2.45) is 0 Å². The summed E-state index contributed by atoms with van der Waals surface area (Å²) in [5, 5.41) is 16.1. The van der Waals surface area contributed by atoms with Crippen LogP contribution >= 0.6 is 0 Å². The summed E-state index contributed by atoms with van der Waals surface area (Å²) in [6, 6.07) is 7.70. The Morgan fingerprint density at radius 1 is 1.34 bits per heavy atom. The lowest BCUT2D eigenvalue weighted by molar-refractivity contribution is -0.137. The molecule has 9 nitrogen and oxygen atoms in total. The summed E-state index contributed by atoms with van der Waals surface area (Å²) in [5.41, 5.74) is 3.06. The third-order valence-electron chi connectivity index (χ3n) is 6.98. The molecule has 2 aliphatic rings. The van der Waals surface area contributed by atoms with E-state index in [4.69, 9.17) is 9.72 Å². The van der Waals surface area contributed by atoms with E-state index in [1.165, 1.54) is 5.56 Å². The SMILES string of the molecule is COc1ccc([C@@H](CCCN2C(=O)[C@@H](NCc3ccc4c(n3)NCCC4)C[C@H]2C)CC(=O)O)cn1. The van der Waals surface area contributed by atoms with Gasteiger partial charge in [0.25, 0.3) is 0 Å². The summed E-state index contributed by atoms with van der Waals surface area (Å²) < 4.78 is 5.10. The van der Waals surface area contributed by atoms with Crippen LogP contribution in [0.25, 0.3) is 0 Å². The van der Waals surface area contributed by atoms with Crippen molar-refractivity contribution in [1.29, 1.82) is 0 Å². The topological polar surface area (TPSA) is 117 Å². The van der Waals surface area contributed by atoms with Crippen molar-refractivity contribution >= 4 is 17.7 Å². The van der Waals surface area contributed by atoms with Crippen LogP contribution in [0.5, 0.6) is 5.88 Å². The Bertz CT molecular complexity index is 1030. The number of amides is 1. The number of carbonyl (C=O) groups is 2. The third kappa shape index (κ3) is 6.28. The van der Waals surface area contributed by atoms with Gasteiger partial charge in [-0.05, 0) is 62.1 Å². The molecular weight excluding hydrogens is 446 g/mol. The minimum Gasteiger partial charge on any atom is -0.481 e. The molecule has 35 heavy (non-hydrogen) atoms. The molecule has 1 fully saturated rings. The van der Waals surface area contributed by atoms with Crippen LogP contribution in [0.4, 0.5) is 5.82 Å². The number of aliphatic carboxylic acids is 1. The molecule has 2 aliphatic heterocycles. The molecule has 3 N–H and O–H groups in total. The van der Waals surface area contributed by atoms with E-state index >= 15 is 0 Å². The number of aryl methyl sites for hydroxylation is 1. The van der Waals surface area contributed by atoms with Crippen molar-refractivity contribution in [3.8, 4) is 5.88 Å². The van der Waals surface area contributed by atoms with E-state index in [1.54, 1.807) is 19.4 Å². The summed E-state index contributed by atoms with van der Waals surface area (Å²) in [7, 11) is 1.55. The maximum atomic E-state index is 13.1. The quantitative estimate of drug-likeness (QED) is 0.449. The number of carboxylic acid groups (broad SMARTS) is 1. The maximum absolute atomic E-state index is 13.1. The Balaban J connectivity index is 1.29. The lowest BCUT2D eigenvalue weighted by atomic mass is 9.92. The van der Waals surface area contributed by atoms with E-state index in [0.29, 0.717) is 25.4 Å². The van der Waals surface area contributed by atoms with Gasteiger partial charge in [-0.1, -0.05) is 12.1 Å². The molecule has 0 aromatic carbocycles. The number of carbonyl (C=O) groups excluding carboxylic acids is 1. The molecule has 0 unspecified atom stereocenters. The average Bonchev–Trinajstić information content (AvgIpc) is 3.14. The molecule has 0 spiro atoms. The van der Waals surface area contributed by atoms with Gasteiger partial charge in [-0.2, -0.15) is 0 Å². The third-order valence-corrected chi connectivity index (χ3v) is 6.98. The zero-order valence-electron chi connectivity index (χ0n) is 20.5. The van der Waals surface area contributed by atoms with E-state index in [1.807, 2.05) is 17.0 Å². The molecule has 0 radical (unpaired) electrons. The zero-order valence-corrected chi connectivity index (χ0v) is 20.5. The summed E-state index contributed by atoms with van der Waals surface area (Å²) >= 11 is 0. The minimum absolute atomic E-state index is 0.0321. The molecule has 1 saturated heterocycles. The van der Waals surface area contributed by atoms with Gasteiger partial charge in [-0.3, -0.25) is 9.59 Å². The van der Waals surface area contributed by atoms with E-state index in [-0.39, 0.29) is 30.3 Å². The number of carboxylic acids is 1. The van der Waals surface area contributed by atoms with Crippen LogP contribution < -0.4 is 15.4 Å². The smallest absolute Gasteiger partial charge is 0.303 e. The molecule has 1 amide bonds. The number of hydrogen-bond acceptors (Lipinski definition) is 7. The highest BCUT2D eigenvalue weighted by Gasteiger charge is 2.36. The number of ether oxygens (including phenoxy) is 1. The number of nitrogens with one attached hydrogen (secondary N) is 2. The predicted molar refractivity (Wildman–Crippen MR) is 132 cm³/mol. The molecule has 9 heteroatoms. The average molecular weight is 482 g/mol. The fourth-order valence-corrected chi connectivity index (χ4v) is 5.04.